The molecule has 0 bridgehead atoms. The molecular formula is C29H42BN3O8. The largest absolute Gasteiger partial charge is 0.480 e. The lowest BCUT2D eigenvalue weighted by Gasteiger charge is -2.26. The monoisotopic (exact) mass is 571 g/mol. The number of rotatable bonds is 14. The van der Waals surface area contributed by atoms with E-state index in [1.54, 1.807) is 24.3 Å². The number of aliphatic carboxylic acids is 1. The third kappa shape index (κ3) is 14.9. The normalized spacial score (nSPS) is 12.7. The third-order valence-electron chi connectivity index (χ3n) is 5.77. The van der Waals surface area contributed by atoms with Crippen LogP contribution in [0.5, 0.6) is 0 Å². The molecule has 6 N–H and O–H groups in total. The molecule has 0 aliphatic rings. The molecule has 3 amide bonds. The van der Waals surface area contributed by atoms with Gasteiger partial charge in [-0.05, 0) is 35.8 Å². The zero-order valence-electron chi connectivity index (χ0n) is 24.1. The van der Waals surface area contributed by atoms with Crippen LogP contribution in [0.15, 0.2) is 60.7 Å². The fourth-order valence-corrected chi connectivity index (χ4v) is 3.91. The van der Waals surface area contributed by atoms with E-state index in [-0.39, 0.29) is 24.9 Å². The fraction of sp³-hybridized carbons (Fsp3) is 0.448. The molecule has 0 saturated carbocycles. The van der Waals surface area contributed by atoms with Crippen molar-refractivity contribution in [2.45, 2.75) is 71.7 Å². The van der Waals surface area contributed by atoms with Gasteiger partial charge in [0.25, 0.3) is 0 Å². The van der Waals surface area contributed by atoms with E-state index < -0.39 is 49.7 Å². The molecular weight excluding hydrogens is 529 g/mol. The Balaban J connectivity index is 0.00000268. The number of carboxylic acid groups (broad SMARTS) is 1. The van der Waals surface area contributed by atoms with Crippen LogP contribution in [0.3, 0.4) is 0 Å². The molecule has 0 fully saturated rings. The Kier molecular flexibility index (Phi) is 16.5. The first-order valence-corrected chi connectivity index (χ1v) is 13.5. The van der Waals surface area contributed by atoms with E-state index >= 15 is 0 Å². The van der Waals surface area contributed by atoms with Gasteiger partial charge in [-0.15, -0.1) is 0 Å². The maximum absolute atomic E-state index is 13.2. The van der Waals surface area contributed by atoms with Crippen LogP contribution in [0.4, 0.5) is 4.79 Å². The van der Waals surface area contributed by atoms with Crippen LogP contribution >= 0.6 is 0 Å². The van der Waals surface area contributed by atoms with E-state index in [4.69, 9.17) is 14.8 Å². The van der Waals surface area contributed by atoms with Crippen molar-refractivity contribution in [1.29, 1.82) is 0 Å². The number of carboxylic acids is 1. The molecule has 41 heavy (non-hydrogen) atoms. The van der Waals surface area contributed by atoms with Crippen molar-refractivity contribution < 1.29 is 39.1 Å². The minimum atomic E-state index is -1.17. The van der Waals surface area contributed by atoms with Gasteiger partial charge in [0.1, 0.15) is 24.7 Å². The zero-order valence-corrected chi connectivity index (χ0v) is 24.1. The molecule has 0 aliphatic heterocycles. The highest BCUT2D eigenvalue weighted by atomic mass is 16.5. The number of carbonyl (C=O) groups excluding carboxylic acids is 3. The second kappa shape index (κ2) is 19.2. The van der Waals surface area contributed by atoms with E-state index in [1.807, 2.05) is 64.1 Å². The van der Waals surface area contributed by atoms with E-state index in [2.05, 4.69) is 16.0 Å². The molecule has 2 aromatic rings. The van der Waals surface area contributed by atoms with Gasteiger partial charge in [0.15, 0.2) is 0 Å². The first-order chi connectivity index (χ1) is 19.5. The summed E-state index contributed by atoms with van der Waals surface area (Å²) in [5, 5.41) is 31.8. The van der Waals surface area contributed by atoms with Crippen LogP contribution in [-0.4, -0.2) is 64.8 Å². The lowest BCUT2D eigenvalue weighted by molar-refractivity contribution is -0.142. The molecule has 2 rings (SSSR count). The maximum Gasteiger partial charge on any atom is 0.432 e. The van der Waals surface area contributed by atoms with E-state index in [9.17, 15) is 24.3 Å². The molecule has 0 spiro atoms. The Bertz CT molecular complexity index is 1070. The smallest absolute Gasteiger partial charge is 0.432 e. The summed E-state index contributed by atoms with van der Waals surface area (Å²) in [5.41, 5.74) is 1.57. The van der Waals surface area contributed by atoms with Crippen LogP contribution in [0.2, 0.25) is 0 Å². The van der Waals surface area contributed by atoms with Gasteiger partial charge in [-0.1, -0.05) is 88.4 Å². The van der Waals surface area contributed by atoms with E-state index in [0.717, 1.165) is 11.1 Å². The number of ether oxygens (including phenoxy) is 1. The van der Waals surface area contributed by atoms with Gasteiger partial charge in [-0.3, -0.25) is 9.59 Å². The third-order valence-corrected chi connectivity index (χ3v) is 5.77. The van der Waals surface area contributed by atoms with Gasteiger partial charge in [0, 0.05) is 6.42 Å². The molecule has 0 aromatic heterocycles. The number of carbonyl (C=O) groups is 4. The van der Waals surface area contributed by atoms with Crippen LogP contribution in [-0.2, 0) is 32.1 Å². The van der Waals surface area contributed by atoms with E-state index in [0.29, 0.717) is 12.8 Å². The summed E-state index contributed by atoms with van der Waals surface area (Å²) in [5.74, 6) is -2.19. The molecule has 0 aliphatic carbocycles. The number of nitrogens with one attached hydrogen (secondary N) is 3. The van der Waals surface area contributed by atoms with Crippen LogP contribution in [0, 0.1) is 11.8 Å². The highest BCUT2D eigenvalue weighted by Crippen LogP contribution is 2.11. The predicted molar refractivity (Wildman–Crippen MR) is 156 cm³/mol. The molecule has 0 unspecified atom stereocenters. The Morgan fingerprint density at radius 2 is 1.12 bits per heavy atom. The van der Waals surface area contributed by atoms with Crippen molar-refractivity contribution in [3.05, 3.63) is 71.8 Å². The first-order valence-electron chi connectivity index (χ1n) is 13.5. The van der Waals surface area contributed by atoms with Crippen molar-refractivity contribution in [3.63, 3.8) is 0 Å². The Hall–Kier alpha value is -3.90. The van der Waals surface area contributed by atoms with Gasteiger partial charge in [-0.25, -0.2) is 9.59 Å². The zero-order chi connectivity index (χ0) is 30.8. The fourth-order valence-electron chi connectivity index (χ4n) is 3.91. The summed E-state index contributed by atoms with van der Waals surface area (Å²) in [4.78, 5) is 50.7. The molecule has 0 heterocycles. The van der Waals surface area contributed by atoms with Crippen LogP contribution in [0.1, 0.15) is 51.7 Å². The van der Waals surface area contributed by atoms with Crippen LogP contribution < -0.4 is 16.0 Å². The first kappa shape index (κ1) is 35.1. The molecule has 224 valence electrons. The van der Waals surface area contributed by atoms with Crippen molar-refractivity contribution in [1.82, 2.24) is 16.0 Å². The summed E-state index contributed by atoms with van der Waals surface area (Å²) < 4.78 is 5.27. The SMILES string of the molecule is CC(C)C[C@H](NC(=O)OCc1ccccc1)C(=O)N[C@@H](CC(C)C)C(=O)N[C@@H](Cc1ccccc1)C(=O)O.OBO. The van der Waals surface area contributed by atoms with Crippen molar-refractivity contribution >= 4 is 31.6 Å². The minimum Gasteiger partial charge on any atom is -0.480 e. The molecule has 2 aromatic carbocycles. The number of alkyl carbamates (subject to hydrolysis) is 1. The summed E-state index contributed by atoms with van der Waals surface area (Å²) in [6.07, 6.45) is -0.0149. The average molecular weight is 571 g/mol. The second-order valence-corrected chi connectivity index (χ2v) is 10.3. The average Bonchev–Trinajstić information content (AvgIpc) is 2.91. The number of hydrogen-bond acceptors (Lipinski definition) is 7. The molecule has 11 nitrogen and oxygen atoms in total. The summed E-state index contributed by atoms with van der Waals surface area (Å²) >= 11 is 0. The Labute approximate surface area is 242 Å². The minimum absolute atomic E-state index is 0.0378. The van der Waals surface area contributed by atoms with Gasteiger partial charge >= 0.3 is 19.7 Å². The number of amides is 3. The molecule has 3 atom stereocenters. The van der Waals surface area contributed by atoms with Crippen LogP contribution in [0.25, 0.3) is 0 Å². The highest BCUT2D eigenvalue weighted by Gasteiger charge is 2.30. The van der Waals surface area contributed by atoms with Gasteiger partial charge < -0.3 is 35.8 Å². The maximum atomic E-state index is 13.2. The Morgan fingerprint density at radius 3 is 1.56 bits per heavy atom. The van der Waals surface area contributed by atoms with E-state index in [1.165, 1.54) is 0 Å². The van der Waals surface area contributed by atoms with Crippen molar-refractivity contribution in [2.24, 2.45) is 11.8 Å². The van der Waals surface area contributed by atoms with Crippen molar-refractivity contribution in [3.8, 4) is 0 Å². The second-order valence-electron chi connectivity index (χ2n) is 10.3. The molecule has 0 radical (unpaired) electrons. The topological polar surface area (TPSA) is 174 Å². The Morgan fingerprint density at radius 1 is 0.707 bits per heavy atom. The number of benzene rings is 2. The van der Waals surface area contributed by atoms with Gasteiger partial charge in [0.05, 0.1) is 0 Å². The molecule has 12 heteroatoms. The van der Waals surface area contributed by atoms with Gasteiger partial charge in [-0.2, -0.15) is 0 Å². The molecule has 0 saturated heterocycles. The number of hydrogen-bond donors (Lipinski definition) is 6. The summed E-state index contributed by atoms with van der Waals surface area (Å²) in [6.45, 7) is 7.68. The standard InChI is InChI=1S/C29H39N3O6.BH3O2/c1-19(2)15-23(26(33)31-25(28(35)36)17-21-11-7-5-8-12-21)30-27(34)24(16-20(3)4)32-29(37)38-18-22-13-9-6-10-14-22;2-1-3/h5-14,19-20,23-25H,15-18H2,1-4H3,(H,30,34)(H,31,33)(H,32,37)(H,35,36);1-3H/t23-,24-,25-;/m0./s1. The van der Waals surface area contributed by atoms with Crippen molar-refractivity contribution in [2.75, 3.05) is 0 Å². The highest BCUT2D eigenvalue weighted by molar-refractivity contribution is 6.13. The summed E-state index contributed by atoms with van der Waals surface area (Å²) in [7, 11) is -0.750. The quantitative estimate of drug-likeness (QED) is 0.187. The van der Waals surface area contributed by atoms with Gasteiger partial charge in [0.2, 0.25) is 11.8 Å². The lowest BCUT2D eigenvalue weighted by atomic mass is 9.99. The lowest BCUT2D eigenvalue weighted by Crippen LogP contribution is -2.56. The summed E-state index contributed by atoms with van der Waals surface area (Å²) in [6, 6.07) is 15.1. The predicted octanol–water partition coefficient (Wildman–Crippen LogP) is 1.91.